The first kappa shape index (κ1) is 20.3. The Morgan fingerprint density at radius 1 is 1.14 bits per heavy atom. The molecule has 0 fully saturated rings. The molecule has 2 aromatic heterocycles. The van der Waals surface area contributed by atoms with Crippen LogP contribution >= 0.6 is 24.0 Å². The van der Waals surface area contributed by atoms with Crippen molar-refractivity contribution in [1.82, 2.24) is 25.0 Å². The molecule has 1 N–H and O–H groups in total. The van der Waals surface area contributed by atoms with Gasteiger partial charge in [0, 0.05) is 38.2 Å². The van der Waals surface area contributed by atoms with Crippen LogP contribution in [0.4, 0.5) is 0 Å². The molecule has 146 valence electrons. The number of aromatic nitrogens is 3. The Morgan fingerprint density at radius 2 is 2.00 bits per heavy atom. The molecule has 0 spiro atoms. The van der Waals surface area contributed by atoms with Crippen LogP contribution in [0.3, 0.4) is 0 Å². The zero-order valence-corrected chi connectivity index (χ0v) is 18.3. The molecule has 0 unspecified atom stereocenters. The van der Waals surface area contributed by atoms with Gasteiger partial charge in [-0.15, -0.1) is 24.0 Å². The fraction of sp³-hybridized carbons (Fsp3) is 0.286. The van der Waals surface area contributed by atoms with Crippen molar-refractivity contribution < 1.29 is 0 Å². The van der Waals surface area contributed by atoms with E-state index in [4.69, 9.17) is 4.99 Å². The molecule has 1 aliphatic heterocycles. The molecule has 1 aliphatic rings. The predicted octanol–water partition coefficient (Wildman–Crippen LogP) is 3.41. The summed E-state index contributed by atoms with van der Waals surface area (Å²) in [4.78, 5) is 11.6. The van der Waals surface area contributed by atoms with Crippen LogP contribution in [0.2, 0.25) is 0 Å². The minimum Gasteiger partial charge on any atom is -0.356 e. The SMILES string of the molecule is CCNC(=NCc1ccnc(-n2cccn2)c1)N1CCc2ccccc2C1.I. The van der Waals surface area contributed by atoms with Gasteiger partial charge in [-0.25, -0.2) is 14.7 Å². The summed E-state index contributed by atoms with van der Waals surface area (Å²) < 4.78 is 1.76. The van der Waals surface area contributed by atoms with Gasteiger partial charge >= 0.3 is 0 Å². The number of hydrogen-bond donors (Lipinski definition) is 1. The van der Waals surface area contributed by atoms with E-state index in [2.05, 4.69) is 51.5 Å². The maximum absolute atomic E-state index is 4.88. The Kier molecular flexibility index (Phi) is 7.02. The third kappa shape index (κ3) is 4.70. The van der Waals surface area contributed by atoms with E-state index in [0.29, 0.717) is 6.54 Å². The number of rotatable bonds is 4. The minimum atomic E-state index is 0. The molecule has 0 atom stereocenters. The van der Waals surface area contributed by atoms with Gasteiger partial charge in [0.15, 0.2) is 11.8 Å². The van der Waals surface area contributed by atoms with E-state index in [9.17, 15) is 0 Å². The summed E-state index contributed by atoms with van der Waals surface area (Å²) in [5, 5.41) is 7.68. The van der Waals surface area contributed by atoms with Crippen LogP contribution in [0.1, 0.15) is 23.6 Å². The van der Waals surface area contributed by atoms with Gasteiger partial charge < -0.3 is 10.2 Å². The quantitative estimate of drug-likeness (QED) is 0.348. The summed E-state index contributed by atoms with van der Waals surface area (Å²) in [5.74, 6) is 1.77. The number of hydrogen-bond acceptors (Lipinski definition) is 3. The zero-order valence-electron chi connectivity index (χ0n) is 16.0. The maximum atomic E-state index is 4.88. The number of aliphatic imine (C=N–C) groups is 1. The van der Waals surface area contributed by atoms with E-state index in [1.54, 1.807) is 10.9 Å². The first-order valence-electron chi connectivity index (χ1n) is 9.38. The molecule has 3 heterocycles. The van der Waals surface area contributed by atoms with E-state index in [1.165, 1.54) is 11.1 Å². The lowest BCUT2D eigenvalue weighted by Crippen LogP contribution is -2.44. The number of guanidine groups is 1. The van der Waals surface area contributed by atoms with Gasteiger partial charge in [-0.1, -0.05) is 24.3 Å². The summed E-state index contributed by atoms with van der Waals surface area (Å²) in [6.07, 6.45) is 6.51. The highest BCUT2D eigenvalue weighted by Gasteiger charge is 2.18. The Hall–Kier alpha value is -2.42. The van der Waals surface area contributed by atoms with Gasteiger partial charge in [-0.2, -0.15) is 5.10 Å². The highest BCUT2D eigenvalue weighted by Crippen LogP contribution is 2.18. The average molecular weight is 488 g/mol. The molecule has 0 saturated carbocycles. The molecular formula is C21H25IN6. The van der Waals surface area contributed by atoms with Gasteiger partial charge in [0.05, 0.1) is 6.54 Å². The van der Waals surface area contributed by atoms with Crippen LogP contribution in [0, 0.1) is 0 Å². The lowest BCUT2D eigenvalue weighted by molar-refractivity contribution is 0.378. The van der Waals surface area contributed by atoms with Crippen molar-refractivity contribution in [2.24, 2.45) is 4.99 Å². The van der Waals surface area contributed by atoms with Gasteiger partial charge in [-0.3, -0.25) is 0 Å². The molecule has 1 aromatic carbocycles. The Labute approximate surface area is 182 Å². The molecule has 0 radical (unpaired) electrons. The fourth-order valence-corrected chi connectivity index (χ4v) is 3.36. The Morgan fingerprint density at radius 3 is 2.79 bits per heavy atom. The number of pyridine rings is 1. The Balaban J connectivity index is 0.00000225. The molecule has 0 amide bonds. The largest absolute Gasteiger partial charge is 0.356 e. The van der Waals surface area contributed by atoms with E-state index in [-0.39, 0.29) is 24.0 Å². The fourth-order valence-electron chi connectivity index (χ4n) is 3.36. The van der Waals surface area contributed by atoms with Gasteiger partial charge in [0.1, 0.15) is 0 Å². The molecule has 6 nitrogen and oxygen atoms in total. The minimum absolute atomic E-state index is 0. The summed E-state index contributed by atoms with van der Waals surface area (Å²) in [6.45, 7) is 5.45. The molecule has 0 bridgehead atoms. The maximum Gasteiger partial charge on any atom is 0.194 e. The van der Waals surface area contributed by atoms with E-state index in [1.807, 2.05) is 30.6 Å². The number of nitrogens with zero attached hydrogens (tertiary/aromatic N) is 5. The van der Waals surface area contributed by atoms with E-state index < -0.39 is 0 Å². The second-order valence-corrected chi connectivity index (χ2v) is 6.58. The summed E-state index contributed by atoms with van der Waals surface area (Å²) in [6, 6.07) is 14.6. The monoisotopic (exact) mass is 488 g/mol. The summed E-state index contributed by atoms with van der Waals surface area (Å²) in [7, 11) is 0. The third-order valence-corrected chi connectivity index (χ3v) is 4.73. The van der Waals surface area contributed by atoms with E-state index >= 15 is 0 Å². The number of benzene rings is 1. The first-order valence-corrected chi connectivity index (χ1v) is 9.38. The predicted molar refractivity (Wildman–Crippen MR) is 122 cm³/mol. The lowest BCUT2D eigenvalue weighted by atomic mass is 10.0. The average Bonchev–Trinajstić information content (AvgIpc) is 3.26. The van der Waals surface area contributed by atoms with Gasteiger partial charge in [0.25, 0.3) is 0 Å². The van der Waals surface area contributed by atoms with Crippen LogP contribution in [-0.4, -0.2) is 38.7 Å². The zero-order chi connectivity index (χ0) is 18.5. The van der Waals surface area contributed by atoms with Crippen molar-refractivity contribution in [3.05, 3.63) is 77.7 Å². The van der Waals surface area contributed by atoms with Crippen molar-refractivity contribution >= 4 is 29.9 Å². The third-order valence-electron chi connectivity index (χ3n) is 4.73. The van der Waals surface area contributed by atoms with Crippen LogP contribution in [-0.2, 0) is 19.5 Å². The van der Waals surface area contributed by atoms with Crippen LogP contribution < -0.4 is 5.32 Å². The second kappa shape index (κ2) is 9.68. The van der Waals surface area contributed by atoms with E-state index in [0.717, 1.165) is 43.4 Å². The Bertz CT molecular complexity index is 922. The molecular weight excluding hydrogens is 463 g/mol. The van der Waals surface area contributed by atoms with Crippen LogP contribution in [0.25, 0.3) is 5.82 Å². The molecule has 0 aliphatic carbocycles. The van der Waals surface area contributed by atoms with Crippen molar-refractivity contribution in [3.8, 4) is 5.82 Å². The lowest BCUT2D eigenvalue weighted by Gasteiger charge is -2.31. The van der Waals surface area contributed by atoms with Crippen molar-refractivity contribution in [1.29, 1.82) is 0 Å². The molecule has 3 aromatic rings. The normalized spacial score (nSPS) is 13.6. The van der Waals surface area contributed by atoms with Crippen molar-refractivity contribution in [2.45, 2.75) is 26.4 Å². The van der Waals surface area contributed by atoms with Crippen LogP contribution in [0.15, 0.2) is 66.0 Å². The first-order chi connectivity index (χ1) is 13.3. The highest BCUT2D eigenvalue weighted by molar-refractivity contribution is 14.0. The van der Waals surface area contributed by atoms with Crippen molar-refractivity contribution in [2.75, 3.05) is 13.1 Å². The van der Waals surface area contributed by atoms with Crippen molar-refractivity contribution in [3.63, 3.8) is 0 Å². The summed E-state index contributed by atoms with van der Waals surface area (Å²) >= 11 is 0. The number of fused-ring (bicyclic) bond motifs is 1. The highest BCUT2D eigenvalue weighted by atomic mass is 127. The second-order valence-electron chi connectivity index (χ2n) is 6.58. The standard InChI is InChI=1S/C21H24N6.HI/c1-2-22-21(26-13-9-18-6-3-4-7-19(18)16-26)24-15-17-8-11-23-20(14-17)27-12-5-10-25-27;/h3-8,10-12,14H,2,9,13,15-16H2,1H3,(H,22,24);1H. The topological polar surface area (TPSA) is 58.3 Å². The van der Waals surface area contributed by atoms with Crippen LogP contribution in [0.5, 0.6) is 0 Å². The molecule has 0 saturated heterocycles. The van der Waals surface area contributed by atoms with Gasteiger partial charge in [-0.05, 0) is 48.2 Å². The number of nitrogens with one attached hydrogen (secondary N) is 1. The molecule has 4 rings (SSSR count). The smallest absolute Gasteiger partial charge is 0.194 e. The van der Waals surface area contributed by atoms with Gasteiger partial charge in [0.2, 0.25) is 0 Å². The summed E-state index contributed by atoms with van der Waals surface area (Å²) in [5.41, 5.74) is 3.95. The molecule has 28 heavy (non-hydrogen) atoms. The molecule has 7 heteroatoms. The number of halogens is 1.